The highest BCUT2D eigenvalue weighted by Crippen LogP contribution is 2.11. The molecule has 1 unspecified atom stereocenters. The van der Waals surface area contributed by atoms with Gasteiger partial charge in [0.15, 0.2) is 0 Å². The van der Waals surface area contributed by atoms with Crippen molar-refractivity contribution < 1.29 is 4.39 Å². The number of allylic oxidation sites excluding steroid dienone is 1. The van der Waals surface area contributed by atoms with E-state index in [0.29, 0.717) is 10.4 Å². The number of halogens is 2. The fourth-order valence-electron chi connectivity index (χ4n) is 1.02. The van der Waals surface area contributed by atoms with E-state index >= 15 is 0 Å². The minimum absolute atomic E-state index is 0.149. The van der Waals surface area contributed by atoms with E-state index in [4.69, 9.17) is 0 Å². The van der Waals surface area contributed by atoms with E-state index in [2.05, 4.69) is 15.9 Å². The Morgan fingerprint density at radius 1 is 1.46 bits per heavy atom. The quantitative estimate of drug-likeness (QED) is 0.690. The first-order chi connectivity index (χ1) is 6.09. The Balaban J connectivity index is 2.85. The molecule has 0 saturated heterocycles. The molecule has 13 heavy (non-hydrogen) atoms. The highest BCUT2D eigenvalue weighted by molar-refractivity contribution is 9.09. The van der Waals surface area contributed by atoms with Crippen molar-refractivity contribution in [3.63, 3.8) is 0 Å². The van der Waals surface area contributed by atoms with Gasteiger partial charge in [-0.3, -0.25) is 0 Å². The molecular formula is C11H12BrF. The van der Waals surface area contributed by atoms with E-state index in [0.717, 1.165) is 5.56 Å². The molecule has 0 radical (unpaired) electrons. The molecule has 0 spiro atoms. The lowest BCUT2D eigenvalue weighted by Gasteiger charge is -1.98. The highest BCUT2D eigenvalue weighted by atomic mass is 79.9. The van der Waals surface area contributed by atoms with Crippen molar-refractivity contribution in [3.05, 3.63) is 41.2 Å². The van der Waals surface area contributed by atoms with Crippen LogP contribution in [0.15, 0.2) is 24.3 Å². The monoisotopic (exact) mass is 242 g/mol. The van der Waals surface area contributed by atoms with Crippen molar-refractivity contribution in [1.82, 2.24) is 0 Å². The SMILES string of the molecule is Cc1cc(/C=C/C(C)Br)ccc1F. The first kappa shape index (κ1) is 10.5. The molecular weight excluding hydrogens is 231 g/mol. The molecule has 0 N–H and O–H groups in total. The molecule has 0 heterocycles. The zero-order valence-corrected chi connectivity index (χ0v) is 9.31. The zero-order chi connectivity index (χ0) is 9.84. The molecule has 0 bridgehead atoms. The molecule has 1 aromatic rings. The van der Waals surface area contributed by atoms with Crippen molar-refractivity contribution in [2.24, 2.45) is 0 Å². The van der Waals surface area contributed by atoms with Gasteiger partial charge in [-0.2, -0.15) is 0 Å². The van der Waals surface area contributed by atoms with Crippen LogP contribution in [0.5, 0.6) is 0 Å². The van der Waals surface area contributed by atoms with Crippen molar-refractivity contribution in [3.8, 4) is 0 Å². The van der Waals surface area contributed by atoms with E-state index in [1.54, 1.807) is 13.0 Å². The number of alkyl halides is 1. The number of rotatable bonds is 2. The molecule has 2 heteroatoms. The van der Waals surface area contributed by atoms with Crippen LogP contribution in [-0.4, -0.2) is 4.83 Å². The summed E-state index contributed by atoms with van der Waals surface area (Å²) in [5.74, 6) is -0.149. The van der Waals surface area contributed by atoms with Gasteiger partial charge < -0.3 is 0 Å². The lowest BCUT2D eigenvalue weighted by molar-refractivity contribution is 0.618. The number of benzene rings is 1. The maximum atomic E-state index is 12.9. The zero-order valence-electron chi connectivity index (χ0n) is 7.72. The van der Waals surface area contributed by atoms with E-state index in [-0.39, 0.29) is 5.82 Å². The van der Waals surface area contributed by atoms with Gasteiger partial charge in [-0.15, -0.1) is 0 Å². The van der Waals surface area contributed by atoms with Gasteiger partial charge in [0, 0.05) is 4.83 Å². The van der Waals surface area contributed by atoms with Crippen molar-refractivity contribution in [2.75, 3.05) is 0 Å². The molecule has 0 aromatic heterocycles. The van der Waals surface area contributed by atoms with Crippen molar-refractivity contribution >= 4 is 22.0 Å². The Morgan fingerprint density at radius 2 is 2.15 bits per heavy atom. The lowest BCUT2D eigenvalue weighted by atomic mass is 10.1. The Bertz CT molecular complexity index is 316. The standard InChI is InChI=1S/C11H12BrF/c1-8-7-10(4-3-9(2)12)5-6-11(8)13/h3-7,9H,1-2H3/b4-3+. The smallest absolute Gasteiger partial charge is 0.126 e. The van der Waals surface area contributed by atoms with Crippen LogP contribution in [0.4, 0.5) is 4.39 Å². The summed E-state index contributed by atoms with van der Waals surface area (Å²) in [5.41, 5.74) is 1.72. The fourth-order valence-corrected chi connectivity index (χ4v) is 1.17. The molecule has 0 amide bonds. The maximum Gasteiger partial charge on any atom is 0.126 e. The minimum atomic E-state index is -0.149. The second kappa shape index (κ2) is 4.56. The normalized spacial score (nSPS) is 13.5. The van der Waals surface area contributed by atoms with Crippen LogP contribution in [0.25, 0.3) is 6.08 Å². The summed E-state index contributed by atoms with van der Waals surface area (Å²) >= 11 is 3.40. The van der Waals surface area contributed by atoms with Gasteiger partial charge in [-0.05, 0) is 37.1 Å². The predicted octanol–water partition coefficient (Wildman–Crippen LogP) is 3.93. The first-order valence-electron chi connectivity index (χ1n) is 4.18. The van der Waals surface area contributed by atoms with Crippen LogP contribution in [0.1, 0.15) is 18.1 Å². The van der Waals surface area contributed by atoms with Crippen molar-refractivity contribution in [2.45, 2.75) is 18.7 Å². The topological polar surface area (TPSA) is 0 Å². The summed E-state index contributed by atoms with van der Waals surface area (Å²) in [6, 6.07) is 5.10. The number of aryl methyl sites for hydroxylation is 1. The van der Waals surface area contributed by atoms with Crippen LogP contribution in [0.2, 0.25) is 0 Å². The molecule has 0 fully saturated rings. The van der Waals surface area contributed by atoms with Crippen LogP contribution >= 0.6 is 15.9 Å². The summed E-state index contributed by atoms with van der Waals surface area (Å²) in [4.78, 5) is 0.345. The first-order valence-corrected chi connectivity index (χ1v) is 5.09. The molecule has 0 aliphatic rings. The van der Waals surface area contributed by atoms with Gasteiger partial charge in [-0.25, -0.2) is 4.39 Å². The molecule has 1 atom stereocenters. The van der Waals surface area contributed by atoms with Gasteiger partial charge in [-0.1, -0.05) is 34.1 Å². The third-order valence-electron chi connectivity index (χ3n) is 1.74. The lowest BCUT2D eigenvalue weighted by Crippen LogP contribution is -1.84. The Labute approximate surface area is 86.6 Å². The Kier molecular flexibility index (Phi) is 3.67. The van der Waals surface area contributed by atoms with Crippen LogP contribution in [-0.2, 0) is 0 Å². The molecule has 1 rings (SSSR count). The van der Waals surface area contributed by atoms with E-state index < -0.39 is 0 Å². The van der Waals surface area contributed by atoms with Gasteiger partial charge in [0.25, 0.3) is 0 Å². The summed E-state index contributed by atoms with van der Waals surface area (Å²) in [7, 11) is 0. The largest absolute Gasteiger partial charge is 0.207 e. The highest BCUT2D eigenvalue weighted by Gasteiger charge is 1.96. The predicted molar refractivity (Wildman–Crippen MR) is 58.6 cm³/mol. The second-order valence-corrected chi connectivity index (χ2v) is 4.49. The van der Waals surface area contributed by atoms with Gasteiger partial charge >= 0.3 is 0 Å². The summed E-state index contributed by atoms with van der Waals surface area (Å²) < 4.78 is 12.9. The van der Waals surface area contributed by atoms with Crippen LogP contribution in [0, 0.1) is 12.7 Å². The van der Waals surface area contributed by atoms with Crippen LogP contribution < -0.4 is 0 Å². The molecule has 0 nitrogen and oxygen atoms in total. The van der Waals surface area contributed by atoms with E-state index in [1.807, 2.05) is 25.1 Å². The molecule has 0 aliphatic heterocycles. The fraction of sp³-hybridized carbons (Fsp3) is 0.273. The summed E-state index contributed by atoms with van der Waals surface area (Å²) in [5, 5.41) is 0. The molecule has 70 valence electrons. The average Bonchev–Trinajstić information content (AvgIpc) is 2.07. The molecule has 0 saturated carbocycles. The number of hydrogen-bond acceptors (Lipinski definition) is 0. The van der Waals surface area contributed by atoms with Crippen molar-refractivity contribution in [1.29, 1.82) is 0 Å². The maximum absolute atomic E-state index is 12.9. The Hall–Kier alpha value is -0.630. The second-order valence-electron chi connectivity index (χ2n) is 3.05. The molecule has 0 aliphatic carbocycles. The average molecular weight is 243 g/mol. The van der Waals surface area contributed by atoms with E-state index in [9.17, 15) is 4.39 Å². The van der Waals surface area contributed by atoms with Gasteiger partial charge in [0.05, 0.1) is 0 Å². The third-order valence-corrected chi connectivity index (χ3v) is 2.04. The Morgan fingerprint density at radius 3 is 2.69 bits per heavy atom. The molecule has 1 aromatic carbocycles. The number of hydrogen-bond donors (Lipinski definition) is 0. The summed E-state index contributed by atoms with van der Waals surface area (Å²) in [6.45, 7) is 3.80. The van der Waals surface area contributed by atoms with E-state index in [1.165, 1.54) is 6.07 Å². The van der Waals surface area contributed by atoms with Crippen LogP contribution in [0.3, 0.4) is 0 Å². The third kappa shape index (κ3) is 3.31. The van der Waals surface area contributed by atoms with Gasteiger partial charge in [0.1, 0.15) is 5.82 Å². The van der Waals surface area contributed by atoms with Gasteiger partial charge in [0.2, 0.25) is 0 Å². The summed E-state index contributed by atoms with van der Waals surface area (Å²) in [6.07, 6.45) is 4.00. The minimum Gasteiger partial charge on any atom is -0.207 e.